The number of hydrogen-bond donors (Lipinski definition) is 1. The summed E-state index contributed by atoms with van der Waals surface area (Å²) < 4.78 is 2.03. The van der Waals surface area contributed by atoms with Crippen molar-refractivity contribution in [3.63, 3.8) is 0 Å². The number of thiophene rings is 1. The maximum absolute atomic E-state index is 12.7. The minimum atomic E-state index is -0.404. The molecule has 1 amide bonds. The van der Waals surface area contributed by atoms with E-state index in [1.54, 1.807) is 11.4 Å². The number of rotatable bonds is 6. The molecule has 3 heterocycles. The van der Waals surface area contributed by atoms with Crippen LogP contribution >= 0.6 is 23.1 Å². The first kappa shape index (κ1) is 20.4. The number of nitrogens with zero attached hydrogens (tertiary/aromatic N) is 5. The Kier molecular flexibility index (Phi) is 6.06. The van der Waals surface area contributed by atoms with E-state index in [-0.39, 0.29) is 5.91 Å². The number of thioether (sulfide) groups is 1. The Bertz CT molecular complexity index is 1080. The van der Waals surface area contributed by atoms with Gasteiger partial charge in [0.15, 0.2) is 5.16 Å². The number of amides is 1. The molecule has 0 aliphatic carbocycles. The topological polar surface area (TPSA) is 86.8 Å². The molecule has 1 atom stereocenters. The van der Waals surface area contributed by atoms with E-state index in [0.717, 1.165) is 37.6 Å². The Balaban J connectivity index is 1.59. The lowest BCUT2D eigenvalue weighted by Crippen LogP contribution is -2.24. The van der Waals surface area contributed by atoms with Gasteiger partial charge < -0.3 is 10.2 Å². The van der Waals surface area contributed by atoms with Crippen LogP contribution in [0, 0.1) is 18.3 Å². The third-order valence-corrected chi connectivity index (χ3v) is 6.84. The summed E-state index contributed by atoms with van der Waals surface area (Å²) in [5, 5.41) is 23.5. The molecule has 0 saturated carbocycles. The number of nitrogens with one attached hydrogen (secondary N) is 1. The van der Waals surface area contributed by atoms with Crippen molar-refractivity contribution < 1.29 is 4.79 Å². The van der Waals surface area contributed by atoms with Gasteiger partial charge in [0.05, 0.1) is 16.5 Å². The highest BCUT2D eigenvalue weighted by atomic mass is 32.2. The fraction of sp³-hybridized carbons (Fsp3) is 0.333. The summed E-state index contributed by atoms with van der Waals surface area (Å²) in [5.74, 6) is 0.650. The molecule has 0 bridgehead atoms. The van der Waals surface area contributed by atoms with E-state index in [2.05, 4.69) is 57.7 Å². The molecule has 3 aromatic rings. The van der Waals surface area contributed by atoms with Crippen LogP contribution in [0.15, 0.2) is 40.9 Å². The summed E-state index contributed by atoms with van der Waals surface area (Å²) in [6.07, 6.45) is 2.29. The van der Waals surface area contributed by atoms with E-state index in [0.29, 0.717) is 15.7 Å². The first-order valence-corrected chi connectivity index (χ1v) is 11.6. The van der Waals surface area contributed by atoms with Gasteiger partial charge in [-0.1, -0.05) is 29.5 Å². The monoisotopic (exact) mass is 438 g/mol. The van der Waals surface area contributed by atoms with Crippen LogP contribution in [0.3, 0.4) is 0 Å². The van der Waals surface area contributed by atoms with Gasteiger partial charge in [-0.2, -0.15) is 5.26 Å². The molecule has 0 radical (unpaired) electrons. The number of nitriles is 1. The molecule has 1 aliphatic rings. The smallest absolute Gasteiger partial charge is 0.238 e. The quantitative estimate of drug-likeness (QED) is 0.580. The Labute approximate surface area is 183 Å². The number of carbonyl (C=O) groups excluding carboxylic acids is 1. The zero-order valence-electron chi connectivity index (χ0n) is 16.8. The van der Waals surface area contributed by atoms with Crippen LogP contribution in [0.25, 0.3) is 5.69 Å². The van der Waals surface area contributed by atoms with E-state index >= 15 is 0 Å². The molecule has 7 nitrogen and oxygen atoms in total. The first-order chi connectivity index (χ1) is 14.6. The molecule has 1 aliphatic heterocycles. The van der Waals surface area contributed by atoms with Crippen LogP contribution < -0.4 is 10.2 Å². The third-order valence-electron chi connectivity index (χ3n) is 4.97. The van der Waals surface area contributed by atoms with Crippen LogP contribution in [0.4, 0.5) is 10.9 Å². The summed E-state index contributed by atoms with van der Waals surface area (Å²) >= 11 is 2.71. The summed E-state index contributed by atoms with van der Waals surface area (Å²) in [5.41, 5.74) is 2.64. The molecule has 154 valence electrons. The Hall–Kier alpha value is -2.83. The highest BCUT2D eigenvalue weighted by molar-refractivity contribution is 8.00. The molecule has 9 heteroatoms. The zero-order valence-corrected chi connectivity index (χ0v) is 18.5. The van der Waals surface area contributed by atoms with Crippen LogP contribution in [-0.4, -0.2) is 39.0 Å². The van der Waals surface area contributed by atoms with Crippen molar-refractivity contribution in [1.29, 1.82) is 5.26 Å². The van der Waals surface area contributed by atoms with Gasteiger partial charge in [-0.25, -0.2) is 0 Å². The molecule has 1 saturated heterocycles. The maximum atomic E-state index is 12.7. The van der Waals surface area contributed by atoms with Crippen LogP contribution in [0.2, 0.25) is 0 Å². The molecular formula is C21H22N6OS2. The van der Waals surface area contributed by atoms with Crippen molar-refractivity contribution in [3.05, 3.63) is 46.8 Å². The van der Waals surface area contributed by atoms with Gasteiger partial charge in [0, 0.05) is 13.1 Å². The van der Waals surface area contributed by atoms with Crippen molar-refractivity contribution in [2.75, 3.05) is 23.3 Å². The summed E-state index contributed by atoms with van der Waals surface area (Å²) in [6, 6.07) is 12.0. The van der Waals surface area contributed by atoms with Crippen molar-refractivity contribution in [2.45, 2.75) is 37.1 Å². The van der Waals surface area contributed by atoms with Gasteiger partial charge in [-0.05, 0) is 50.3 Å². The predicted octanol–water partition coefficient (Wildman–Crippen LogP) is 4.23. The number of benzene rings is 1. The number of hydrogen-bond acceptors (Lipinski definition) is 7. The maximum Gasteiger partial charge on any atom is 0.238 e. The Morgan fingerprint density at radius 3 is 2.67 bits per heavy atom. The minimum absolute atomic E-state index is 0.167. The molecule has 1 fully saturated rings. The molecule has 2 aromatic heterocycles. The van der Waals surface area contributed by atoms with Crippen molar-refractivity contribution in [2.24, 2.45) is 0 Å². The fourth-order valence-corrected chi connectivity index (χ4v) is 4.90. The summed E-state index contributed by atoms with van der Waals surface area (Å²) in [7, 11) is 0. The molecule has 1 aromatic carbocycles. The molecule has 0 spiro atoms. The van der Waals surface area contributed by atoms with E-state index in [9.17, 15) is 4.79 Å². The second-order valence-electron chi connectivity index (χ2n) is 7.17. The number of aromatic nitrogens is 3. The number of carbonyl (C=O) groups is 1. The van der Waals surface area contributed by atoms with Gasteiger partial charge in [0.1, 0.15) is 11.1 Å². The van der Waals surface area contributed by atoms with E-state index < -0.39 is 5.25 Å². The lowest BCUT2D eigenvalue weighted by atomic mass is 10.2. The van der Waals surface area contributed by atoms with E-state index in [1.165, 1.54) is 28.7 Å². The first-order valence-electron chi connectivity index (χ1n) is 9.79. The van der Waals surface area contributed by atoms with Gasteiger partial charge in [0.2, 0.25) is 11.9 Å². The highest BCUT2D eigenvalue weighted by Crippen LogP contribution is 2.31. The largest absolute Gasteiger partial charge is 0.341 e. The van der Waals surface area contributed by atoms with Crippen LogP contribution in [-0.2, 0) is 4.79 Å². The fourth-order valence-electron chi connectivity index (χ4n) is 3.30. The van der Waals surface area contributed by atoms with E-state index in [4.69, 9.17) is 5.26 Å². The molecular weight excluding hydrogens is 416 g/mol. The molecule has 4 rings (SSSR count). The van der Waals surface area contributed by atoms with Crippen LogP contribution in [0.5, 0.6) is 0 Å². The second kappa shape index (κ2) is 8.90. The highest BCUT2D eigenvalue weighted by Gasteiger charge is 2.25. The molecule has 30 heavy (non-hydrogen) atoms. The minimum Gasteiger partial charge on any atom is -0.341 e. The summed E-state index contributed by atoms with van der Waals surface area (Å²) in [4.78, 5) is 15.0. The third kappa shape index (κ3) is 4.20. The molecule has 1 N–H and O–H groups in total. The second-order valence-corrected chi connectivity index (χ2v) is 9.40. The summed E-state index contributed by atoms with van der Waals surface area (Å²) in [6.45, 7) is 5.81. The normalized spacial score (nSPS) is 14.5. The number of anilines is 2. The van der Waals surface area contributed by atoms with Gasteiger partial charge in [-0.15, -0.1) is 21.5 Å². The van der Waals surface area contributed by atoms with Gasteiger partial charge in [-0.3, -0.25) is 9.36 Å². The van der Waals surface area contributed by atoms with Crippen molar-refractivity contribution >= 4 is 40.0 Å². The average molecular weight is 439 g/mol. The SMILES string of the molecule is Cc1ccc(-n2c(SC(C)C(=O)Nc3sccc3C#N)nnc2N2CCCC2)cc1. The van der Waals surface area contributed by atoms with Crippen molar-refractivity contribution in [3.8, 4) is 11.8 Å². The average Bonchev–Trinajstić information content (AvgIpc) is 3.49. The predicted molar refractivity (Wildman–Crippen MR) is 121 cm³/mol. The molecule has 1 unspecified atom stereocenters. The Morgan fingerprint density at radius 2 is 1.97 bits per heavy atom. The standard InChI is InChI=1S/C21H22N6OS2/c1-14-5-7-17(8-6-14)27-20(26-10-3-4-11-26)24-25-21(27)30-15(2)18(28)23-19-16(13-22)9-12-29-19/h5-9,12,15H,3-4,10-11H2,1-2H3,(H,23,28). The van der Waals surface area contributed by atoms with Crippen molar-refractivity contribution in [1.82, 2.24) is 14.8 Å². The lowest BCUT2D eigenvalue weighted by Gasteiger charge is -2.19. The van der Waals surface area contributed by atoms with Gasteiger partial charge >= 0.3 is 0 Å². The van der Waals surface area contributed by atoms with Crippen LogP contribution in [0.1, 0.15) is 30.9 Å². The lowest BCUT2D eigenvalue weighted by molar-refractivity contribution is -0.115. The van der Waals surface area contributed by atoms with Gasteiger partial charge in [0.25, 0.3) is 0 Å². The van der Waals surface area contributed by atoms with E-state index in [1.807, 2.05) is 11.5 Å². The number of aryl methyl sites for hydroxylation is 1. The Morgan fingerprint density at radius 1 is 1.23 bits per heavy atom. The zero-order chi connectivity index (χ0) is 21.1.